The van der Waals surface area contributed by atoms with Crippen LogP contribution >= 0.6 is 0 Å². The lowest BCUT2D eigenvalue weighted by Gasteiger charge is -2.01. The standard InChI is InChI=1S/C19H16N2O3/c1-12-4-3-5-15(10-12)18-21-17(19(23)24-18)11-14-6-8-16(9-7-14)20-13(2)22/h3-11H,1-2H3,(H,20,22)/b17-11-. The first-order chi connectivity index (χ1) is 11.5. The fourth-order valence-corrected chi connectivity index (χ4v) is 2.33. The number of aliphatic imine (C=N–C) groups is 1. The predicted octanol–water partition coefficient (Wildman–Crippen LogP) is 3.30. The van der Waals surface area contributed by atoms with Crippen LogP contribution in [0.5, 0.6) is 0 Å². The number of carbonyl (C=O) groups excluding carboxylic acids is 2. The zero-order valence-corrected chi connectivity index (χ0v) is 13.4. The van der Waals surface area contributed by atoms with E-state index in [1.54, 1.807) is 30.3 Å². The molecule has 5 nitrogen and oxygen atoms in total. The maximum Gasteiger partial charge on any atom is 0.363 e. The van der Waals surface area contributed by atoms with Gasteiger partial charge in [0.15, 0.2) is 5.70 Å². The number of anilines is 1. The molecule has 2 aromatic carbocycles. The van der Waals surface area contributed by atoms with E-state index >= 15 is 0 Å². The molecule has 1 aliphatic rings. The lowest BCUT2D eigenvalue weighted by Crippen LogP contribution is -2.05. The van der Waals surface area contributed by atoms with Gasteiger partial charge in [0.1, 0.15) is 0 Å². The van der Waals surface area contributed by atoms with Crippen LogP contribution in [-0.4, -0.2) is 17.8 Å². The van der Waals surface area contributed by atoms with Crippen LogP contribution in [0.1, 0.15) is 23.6 Å². The normalized spacial score (nSPS) is 15.2. The summed E-state index contributed by atoms with van der Waals surface area (Å²) in [6.07, 6.45) is 1.66. The third-order valence-corrected chi connectivity index (χ3v) is 3.42. The highest BCUT2D eigenvalue weighted by atomic mass is 16.6. The summed E-state index contributed by atoms with van der Waals surface area (Å²) >= 11 is 0. The van der Waals surface area contributed by atoms with E-state index in [1.807, 2.05) is 31.2 Å². The van der Waals surface area contributed by atoms with Gasteiger partial charge in [-0.2, -0.15) is 0 Å². The van der Waals surface area contributed by atoms with Crippen LogP contribution < -0.4 is 5.32 Å². The molecule has 1 N–H and O–H groups in total. The molecule has 1 amide bonds. The molecule has 0 radical (unpaired) electrons. The Morgan fingerprint density at radius 3 is 2.58 bits per heavy atom. The van der Waals surface area contributed by atoms with E-state index in [0.29, 0.717) is 11.6 Å². The van der Waals surface area contributed by atoms with E-state index in [0.717, 1.165) is 16.7 Å². The van der Waals surface area contributed by atoms with E-state index in [9.17, 15) is 9.59 Å². The lowest BCUT2D eigenvalue weighted by atomic mass is 10.1. The monoisotopic (exact) mass is 320 g/mol. The maximum atomic E-state index is 12.0. The van der Waals surface area contributed by atoms with E-state index in [1.165, 1.54) is 6.92 Å². The molecule has 0 fully saturated rings. The van der Waals surface area contributed by atoms with Crippen molar-refractivity contribution in [3.8, 4) is 0 Å². The van der Waals surface area contributed by atoms with Crippen LogP contribution in [0, 0.1) is 6.92 Å². The largest absolute Gasteiger partial charge is 0.402 e. The molecule has 120 valence electrons. The Morgan fingerprint density at radius 1 is 1.17 bits per heavy atom. The fraction of sp³-hybridized carbons (Fsp3) is 0.105. The molecular weight excluding hydrogens is 304 g/mol. The van der Waals surface area contributed by atoms with Gasteiger partial charge in [-0.25, -0.2) is 9.79 Å². The Kier molecular flexibility index (Phi) is 4.24. The first-order valence-corrected chi connectivity index (χ1v) is 7.48. The highest BCUT2D eigenvalue weighted by molar-refractivity contribution is 6.12. The van der Waals surface area contributed by atoms with Crippen molar-refractivity contribution < 1.29 is 14.3 Å². The Labute approximate surface area is 139 Å². The second kappa shape index (κ2) is 6.50. The van der Waals surface area contributed by atoms with Crippen LogP contribution in [0.4, 0.5) is 5.69 Å². The number of esters is 1. The Balaban J connectivity index is 1.84. The van der Waals surface area contributed by atoms with Crippen LogP contribution in [0.25, 0.3) is 6.08 Å². The second-order valence-corrected chi connectivity index (χ2v) is 5.51. The molecule has 0 aromatic heterocycles. The molecule has 1 heterocycles. The molecule has 1 aliphatic heterocycles. The summed E-state index contributed by atoms with van der Waals surface area (Å²) in [5.41, 5.74) is 3.58. The summed E-state index contributed by atoms with van der Waals surface area (Å²) in [5.74, 6) is -0.296. The van der Waals surface area contributed by atoms with Gasteiger partial charge in [-0.3, -0.25) is 4.79 Å². The third kappa shape index (κ3) is 3.57. The first-order valence-electron chi connectivity index (χ1n) is 7.48. The molecule has 5 heteroatoms. The minimum atomic E-state index is -0.475. The quantitative estimate of drug-likeness (QED) is 0.697. The summed E-state index contributed by atoms with van der Waals surface area (Å²) in [6.45, 7) is 3.42. The van der Waals surface area contributed by atoms with Crippen molar-refractivity contribution >= 4 is 29.5 Å². The number of amides is 1. The van der Waals surface area contributed by atoms with Gasteiger partial charge in [-0.15, -0.1) is 0 Å². The smallest absolute Gasteiger partial charge is 0.363 e. The van der Waals surface area contributed by atoms with E-state index in [2.05, 4.69) is 10.3 Å². The number of ether oxygens (including phenoxy) is 1. The topological polar surface area (TPSA) is 67.8 Å². The number of benzene rings is 2. The number of rotatable bonds is 3. The average Bonchev–Trinajstić information content (AvgIpc) is 2.90. The Bertz CT molecular complexity index is 864. The van der Waals surface area contributed by atoms with E-state index in [-0.39, 0.29) is 11.6 Å². The summed E-state index contributed by atoms with van der Waals surface area (Å²) < 4.78 is 5.25. The highest BCUT2D eigenvalue weighted by Crippen LogP contribution is 2.20. The third-order valence-electron chi connectivity index (χ3n) is 3.42. The van der Waals surface area contributed by atoms with Crippen molar-refractivity contribution in [1.82, 2.24) is 0 Å². The molecule has 0 saturated heterocycles. The minimum Gasteiger partial charge on any atom is -0.402 e. The van der Waals surface area contributed by atoms with Gasteiger partial charge in [-0.05, 0) is 42.8 Å². The van der Waals surface area contributed by atoms with Crippen LogP contribution in [0.3, 0.4) is 0 Å². The number of nitrogens with one attached hydrogen (secondary N) is 1. The Morgan fingerprint density at radius 2 is 1.92 bits per heavy atom. The van der Waals surface area contributed by atoms with Crippen molar-refractivity contribution in [2.45, 2.75) is 13.8 Å². The molecular formula is C19H16N2O3. The Hall–Kier alpha value is -3.21. The summed E-state index contributed by atoms with van der Waals surface area (Å²) in [5, 5.41) is 2.69. The predicted molar refractivity (Wildman–Crippen MR) is 92.5 cm³/mol. The van der Waals surface area contributed by atoms with Gasteiger partial charge >= 0.3 is 5.97 Å². The van der Waals surface area contributed by atoms with Gasteiger partial charge in [0.25, 0.3) is 0 Å². The minimum absolute atomic E-state index is 0.132. The summed E-state index contributed by atoms with van der Waals surface area (Å²) in [4.78, 5) is 27.3. The molecule has 0 atom stereocenters. The molecule has 0 unspecified atom stereocenters. The van der Waals surface area contributed by atoms with Crippen molar-refractivity contribution in [3.05, 3.63) is 70.9 Å². The van der Waals surface area contributed by atoms with Crippen molar-refractivity contribution in [1.29, 1.82) is 0 Å². The average molecular weight is 320 g/mol. The first kappa shape index (κ1) is 15.7. The maximum absolute atomic E-state index is 12.0. The molecule has 3 rings (SSSR count). The SMILES string of the molecule is CC(=O)Nc1ccc(/C=C2\N=C(c3cccc(C)c3)OC2=O)cc1. The number of aryl methyl sites for hydroxylation is 1. The van der Waals surface area contributed by atoms with Gasteiger partial charge < -0.3 is 10.1 Å². The molecule has 0 bridgehead atoms. The summed E-state index contributed by atoms with van der Waals surface area (Å²) in [7, 11) is 0. The molecule has 0 saturated carbocycles. The molecule has 24 heavy (non-hydrogen) atoms. The van der Waals surface area contributed by atoms with Crippen molar-refractivity contribution in [3.63, 3.8) is 0 Å². The van der Waals surface area contributed by atoms with Crippen molar-refractivity contribution in [2.24, 2.45) is 4.99 Å². The van der Waals surface area contributed by atoms with Gasteiger partial charge in [0, 0.05) is 18.2 Å². The zero-order chi connectivity index (χ0) is 17.1. The lowest BCUT2D eigenvalue weighted by molar-refractivity contribution is -0.129. The van der Waals surface area contributed by atoms with Gasteiger partial charge in [0.2, 0.25) is 11.8 Å². The van der Waals surface area contributed by atoms with Crippen molar-refractivity contribution in [2.75, 3.05) is 5.32 Å². The fourth-order valence-electron chi connectivity index (χ4n) is 2.33. The number of cyclic esters (lactones) is 1. The summed E-state index contributed by atoms with van der Waals surface area (Å²) in [6, 6.07) is 14.7. The zero-order valence-electron chi connectivity index (χ0n) is 13.4. The molecule has 0 spiro atoms. The molecule has 2 aromatic rings. The number of nitrogens with zero attached hydrogens (tertiary/aromatic N) is 1. The van der Waals surface area contributed by atoms with Crippen LogP contribution in [0.15, 0.2) is 59.2 Å². The van der Waals surface area contributed by atoms with Crippen LogP contribution in [-0.2, 0) is 14.3 Å². The highest BCUT2D eigenvalue weighted by Gasteiger charge is 2.24. The van der Waals surface area contributed by atoms with E-state index < -0.39 is 5.97 Å². The van der Waals surface area contributed by atoms with E-state index in [4.69, 9.17) is 4.74 Å². The number of carbonyl (C=O) groups is 2. The van der Waals surface area contributed by atoms with Crippen LogP contribution in [0.2, 0.25) is 0 Å². The second-order valence-electron chi connectivity index (χ2n) is 5.51. The number of hydrogen-bond donors (Lipinski definition) is 1. The van der Waals surface area contributed by atoms with Gasteiger partial charge in [0.05, 0.1) is 0 Å². The van der Waals surface area contributed by atoms with Gasteiger partial charge in [-0.1, -0.05) is 29.8 Å². The number of hydrogen-bond acceptors (Lipinski definition) is 4. The molecule has 0 aliphatic carbocycles.